The molecule has 216 valence electrons. The second kappa shape index (κ2) is 10.7. The number of rotatable bonds is 5. The Labute approximate surface area is 236 Å². The zero-order chi connectivity index (χ0) is 28.0. The summed E-state index contributed by atoms with van der Waals surface area (Å²) in [5, 5.41) is 3.57. The summed E-state index contributed by atoms with van der Waals surface area (Å²) in [6, 6.07) is 2.17. The molecule has 1 N–H and O–H groups in total. The molecule has 4 aliphatic rings. The maximum absolute atomic E-state index is 12.4. The first-order valence-corrected chi connectivity index (χ1v) is 15.0. The molecule has 6 rings (SSSR count). The van der Waals surface area contributed by atoms with Gasteiger partial charge in [0.25, 0.3) is 0 Å². The number of nitrogens with zero attached hydrogens (tertiary/aromatic N) is 5. The summed E-state index contributed by atoms with van der Waals surface area (Å²) in [6.07, 6.45) is 11.3. The van der Waals surface area contributed by atoms with Crippen molar-refractivity contribution in [2.45, 2.75) is 83.3 Å². The second-order valence-electron chi connectivity index (χ2n) is 13.0. The molecule has 40 heavy (non-hydrogen) atoms. The first-order valence-electron chi connectivity index (χ1n) is 15.0. The van der Waals surface area contributed by atoms with Gasteiger partial charge < -0.3 is 14.2 Å². The molecule has 10 heteroatoms. The highest BCUT2D eigenvalue weighted by Crippen LogP contribution is 2.46. The van der Waals surface area contributed by atoms with Crippen LogP contribution in [0, 0.1) is 5.92 Å². The Morgan fingerprint density at radius 2 is 1.75 bits per heavy atom. The van der Waals surface area contributed by atoms with Gasteiger partial charge in [0.05, 0.1) is 11.9 Å². The number of hydrogen-bond acceptors (Lipinski definition) is 6. The van der Waals surface area contributed by atoms with Crippen molar-refractivity contribution in [3.8, 4) is 0 Å². The molecular weight excluding hydrogens is 508 g/mol. The fraction of sp³-hybridized carbons (Fsp3) is 0.667. The zero-order valence-corrected chi connectivity index (χ0v) is 24.0. The molecule has 0 bridgehead atoms. The van der Waals surface area contributed by atoms with E-state index in [4.69, 9.17) is 9.72 Å². The van der Waals surface area contributed by atoms with Crippen LogP contribution in [0.5, 0.6) is 0 Å². The molecule has 0 atom stereocenters. The smallest absolute Gasteiger partial charge is 0.410 e. The number of urea groups is 1. The van der Waals surface area contributed by atoms with Gasteiger partial charge in [-0.2, -0.15) is 0 Å². The lowest BCUT2D eigenvalue weighted by Crippen LogP contribution is -2.51. The van der Waals surface area contributed by atoms with Gasteiger partial charge in [-0.15, -0.1) is 0 Å². The van der Waals surface area contributed by atoms with Crippen molar-refractivity contribution < 1.29 is 19.1 Å². The zero-order valence-electron chi connectivity index (χ0n) is 24.0. The number of pyridine rings is 1. The van der Waals surface area contributed by atoms with Crippen LogP contribution >= 0.6 is 0 Å². The van der Waals surface area contributed by atoms with Crippen LogP contribution in [-0.4, -0.2) is 82.3 Å². The normalized spacial score (nSPS) is 24.9. The van der Waals surface area contributed by atoms with Gasteiger partial charge in [-0.05, 0) is 82.8 Å². The molecule has 0 aromatic carbocycles. The van der Waals surface area contributed by atoms with E-state index in [1.165, 1.54) is 31.2 Å². The summed E-state index contributed by atoms with van der Waals surface area (Å²) >= 11 is 0. The van der Waals surface area contributed by atoms with E-state index in [1.807, 2.05) is 25.7 Å². The van der Waals surface area contributed by atoms with E-state index in [2.05, 4.69) is 27.0 Å². The number of carbonyl (C=O) groups is 3. The van der Waals surface area contributed by atoms with Gasteiger partial charge in [-0.25, -0.2) is 14.6 Å². The molecule has 2 aromatic rings. The molecule has 0 spiro atoms. The number of nitrogens with one attached hydrogen (secondary N) is 1. The SMILES string of the molecule is CC(C)(C)OC(=O)N1CCN(CC2CCC(n3cc(C4CC4)c4cc(N5CCC(=O)NC5=O)cnc43)CC2)CC1. The molecule has 2 aliphatic carbocycles. The number of hydrogen-bond donors (Lipinski definition) is 1. The summed E-state index contributed by atoms with van der Waals surface area (Å²) in [5.74, 6) is 1.03. The Bertz CT molecular complexity index is 1280. The number of piperazine rings is 1. The van der Waals surface area contributed by atoms with Crippen molar-refractivity contribution in [1.82, 2.24) is 24.7 Å². The minimum absolute atomic E-state index is 0.202. The monoisotopic (exact) mass is 550 g/mol. The highest BCUT2D eigenvalue weighted by atomic mass is 16.6. The molecule has 2 saturated heterocycles. The summed E-state index contributed by atoms with van der Waals surface area (Å²) in [6.45, 7) is 10.5. The first-order chi connectivity index (χ1) is 19.1. The Morgan fingerprint density at radius 1 is 1.02 bits per heavy atom. The number of carbonyl (C=O) groups excluding carboxylic acids is 3. The minimum atomic E-state index is -0.458. The van der Waals surface area contributed by atoms with Gasteiger partial charge in [-0.3, -0.25) is 19.9 Å². The fourth-order valence-electron chi connectivity index (χ4n) is 6.51. The van der Waals surface area contributed by atoms with Gasteiger partial charge in [0.1, 0.15) is 11.2 Å². The maximum Gasteiger partial charge on any atom is 0.410 e. The third-order valence-electron chi connectivity index (χ3n) is 8.82. The second-order valence-corrected chi connectivity index (χ2v) is 13.0. The Morgan fingerprint density at radius 3 is 2.40 bits per heavy atom. The Hall–Kier alpha value is -3.14. The van der Waals surface area contributed by atoms with Gasteiger partial charge in [0, 0.05) is 63.3 Å². The van der Waals surface area contributed by atoms with Gasteiger partial charge >= 0.3 is 12.1 Å². The quantitative estimate of drug-likeness (QED) is 0.582. The third kappa shape index (κ3) is 5.82. The summed E-state index contributed by atoms with van der Waals surface area (Å²) in [4.78, 5) is 47.3. The number of fused-ring (bicyclic) bond motifs is 1. The predicted molar refractivity (Wildman–Crippen MR) is 152 cm³/mol. The molecule has 2 aromatic heterocycles. The van der Waals surface area contributed by atoms with Crippen LogP contribution in [0.4, 0.5) is 15.3 Å². The molecular formula is C30H42N6O4. The van der Waals surface area contributed by atoms with Crippen molar-refractivity contribution in [2.24, 2.45) is 5.92 Å². The van der Waals surface area contributed by atoms with Crippen molar-refractivity contribution in [1.29, 1.82) is 0 Å². The number of ether oxygens (including phenoxy) is 1. The minimum Gasteiger partial charge on any atom is -0.444 e. The number of anilines is 1. The molecule has 0 unspecified atom stereocenters. The van der Waals surface area contributed by atoms with Crippen LogP contribution < -0.4 is 10.2 Å². The molecule has 2 aliphatic heterocycles. The van der Waals surface area contributed by atoms with Crippen LogP contribution in [0.15, 0.2) is 18.5 Å². The molecule has 10 nitrogen and oxygen atoms in total. The topological polar surface area (TPSA) is 100 Å². The molecule has 4 heterocycles. The summed E-state index contributed by atoms with van der Waals surface area (Å²) in [5.41, 5.74) is 2.66. The van der Waals surface area contributed by atoms with E-state index in [0.29, 0.717) is 30.8 Å². The molecule has 4 amide bonds. The largest absolute Gasteiger partial charge is 0.444 e. The lowest BCUT2D eigenvalue weighted by atomic mass is 9.85. The first kappa shape index (κ1) is 27.1. The Kier molecular flexibility index (Phi) is 7.23. The number of imide groups is 1. The lowest BCUT2D eigenvalue weighted by Gasteiger charge is -2.38. The van der Waals surface area contributed by atoms with E-state index < -0.39 is 5.60 Å². The predicted octanol–water partition coefficient (Wildman–Crippen LogP) is 4.64. The average Bonchev–Trinajstić information content (AvgIpc) is 3.69. The van der Waals surface area contributed by atoms with Crippen LogP contribution in [0.1, 0.15) is 83.2 Å². The van der Waals surface area contributed by atoms with E-state index in [9.17, 15) is 14.4 Å². The molecule has 0 radical (unpaired) electrons. The van der Waals surface area contributed by atoms with E-state index >= 15 is 0 Å². The summed E-state index contributed by atoms with van der Waals surface area (Å²) < 4.78 is 7.95. The van der Waals surface area contributed by atoms with Crippen LogP contribution in [-0.2, 0) is 9.53 Å². The van der Waals surface area contributed by atoms with Crippen LogP contribution in [0.25, 0.3) is 11.0 Å². The molecule has 4 fully saturated rings. The Balaban J connectivity index is 1.07. The highest BCUT2D eigenvalue weighted by Gasteiger charge is 2.33. The van der Waals surface area contributed by atoms with E-state index in [0.717, 1.165) is 62.3 Å². The van der Waals surface area contributed by atoms with Gasteiger partial charge in [0.2, 0.25) is 5.91 Å². The van der Waals surface area contributed by atoms with Crippen molar-refractivity contribution in [2.75, 3.05) is 44.2 Å². The van der Waals surface area contributed by atoms with Crippen molar-refractivity contribution >= 4 is 34.8 Å². The third-order valence-corrected chi connectivity index (χ3v) is 8.82. The lowest BCUT2D eigenvalue weighted by molar-refractivity contribution is -0.120. The number of amides is 4. The average molecular weight is 551 g/mol. The van der Waals surface area contributed by atoms with E-state index in [-0.39, 0.29) is 18.0 Å². The van der Waals surface area contributed by atoms with Crippen LogP contribution in [0.3, 0.4) is 0 Å². The molecule has 2 saturated carbocycles. The van der Waals surface area contributed by atoms with Crippen molar-refractivity contribution in [3.05, 3.63) is 24.0 Å². The standard InChI is InChI=1S/C30H42N6O4/c1-30(2,3)40-29(39)34-14-12-33(13-15-34)18-20-4-8-22(9-5-20)36-19-25(21-6-7-21)24-16-23(17-31-27(24)36)35-11-10-26(37)32-28(35)38/h16-17,19-22H,4-15,18H2,1-3H3,(H,32,37,38). The van der Waals surface area contributed by atoms with Crippen LogP contribution in [0.2, 0.25) is 0 Å². The highest BCUT2D eigenvalue weighted by molar-refractivity contribution is 6.06. The van der Waals surface area contributed by atoms with Crippen molar-refractivity contribution in [3.63, 3.8) is 0 Å². The maximum atomic E-state index is 12.4. The number of aromatic nitrogens is 2. The fourth-order valence-corrected chi connectivity index (χ4v) is 6.51. The van der Waals surface area contributed by atoms with Gasteiger partial charge in [0.15, 0.2) is 0 Å². The van der Waals surface area contributed by atoms with E-state index in [1.54, 1.807) is 11.1 Å². The van der Waals surface area contributed by atoms with Gasteiger partial charge in [-0.1, -0.05) is 0 Å². The summed E-state index contributed by atoms with van der Waals surface area (Å²) in [7, 11) is 0.